The molecule has 0 rings (SSSR count). The van der Waals surface area contributed by atoms with Gasteiger partial charge in [-0.2, -0.15) is 0 Å². The number of nitrogens with zero attached hydrogens (tertiary/aromatic N) is 1. The molecule has 0 aromatic carbocycles. The first-order valence-corrected chi connectivity index (χ1v) is 2.45. The average molecular weight is 129 g/mol. The Bertz CT molecular complexity index is 150. The van der Waals surface area contributed by atoms with Crippen LogP contribution in [0.15, 0.2) is 11.8 Å². The van der Waals surface area contributed by atoms with Gasteiger partial charge in [-0.1, -0.05) is 0 Å². The third-order valence-electron chi connectivity index (χ3n) is 0.860. The Morgan fingerprint density at radius 3 is 2.44 bits per heavy atom. The zero-order chi connectivity index (χ0) is 7.28. The molecular weight excluding hydrogens is 122 g/mol. The molecule has 0 aliphatic carbocycles. The lowest BCUT2D eigenvalue weighted by molar-refractivity contribution is -0.426. The maximum atomic E-state index is 9.90. The zero-order valence-electron chi connectivity index (χ0n) is 5.03. The highest BCUT2D eigenvalue weighted by atomic mass is 16.6. The van der Waals surface area contributed by atoms with Crippen LogP contribution in [-0.2, 0) is 4.79 Å². The number of rotatable bonds is 3. The van der Waals surface area contributed by atoms with Crippen LogP contribution in [0.5, 0.6) is 0 Å². The molecule has 0 N–H and O–H groups in total. The lowest BCUT2D eigenvalue weighted by atomic mass is 10.3. The largest absolute Gasteiger partial charge is 0.303 e. The number of allylic oxidation sites excluding steroid dienone is 2. The molecule has 0 aliphatic heterocycles. The molecule has 0 radical (unpaired) electrons. The maximum absolute atomic E-state index is 9.90. The van der Waals surface area contributed by atoms with Gasteiger partial charge in [0.25, 0.3) is 0 Å². The van der Waals surface area contributed by atoms with Crippen molar-refractivity contribution in [2.75, 3.05) is 0 Å². The Balaban J connectivity index is 4.00. The summed E-state index contributed by atoms with van der Waals surface area (Å²) in [4.78, 5) is 19.1. The molecular formula is C5H7NO3. The summed E-state index contributed by atoms with van der Waals surface area (Å²) in [5, 5.41) is 9.90. The van der Waals surface area contributed by atoms with Crippen LogP contribution in [0.1, 0.15) is 13.3 Å². The minimum absolute atomic E-state index is 0.0509. The molecule has 0 aromatic rings. The summed E-state index contributed by atoms with van der Waals surface area (Å²) in [6.45, 7) is 1.53. The Morgan fingerprint density at radius 1 is 1.78 bits per heavy atom. The fraction of sp³-hybridized carbons (Fsp3) is 0.400. The van der Waals surface area contributed by atoms with E-state index < -0.39 is 4.92 Å². The smallest absolute Gasteiger partial charge is 0.249 e. The van der Waals surface area contributed by atoms with Crippen LogP contribution < -0.4 is 0 Å². The summed E-state index contributed by atoms with van der Waals surface area (Å²) in [7, 11) is 0. The molecule has 4 nitrogen and oxygen atoms in total. The number of nitro groups is 1. The molecule has 4 heteroatoms. The highest BCUT2D eigenvalue weighted by Gasteiger charge is 2.05. The highest BCUT2D eigenvalue weighted by molar-refractivity contribution is 5.52. The second-order valence-electron chi connectivity index (χ2n) is 1.41. The molecule has 0 saturated heterocycles. The van der Waals surface area contributed by atoms with Gasteiger partial charge in [-0.3, -0.25) is 10.1 Å². The van der Waals surface area contributed by atoms with Gasteiger partial charge in [0.15, 0.2) is 0 Å². The van der Waals surface area contributed by atoms with E-state index in [1.54, 1.807) is 0 Å². The number of aldehydes is 1. The summed E-state index contributed by atoms with van der Waals surface area (Å²) < 4.78 is 0. The van der Waals surface area contributed by atoms with Gasteiger partial charge in [0, 0.05) is 0 Å². The van der Waals surface area contributed by atoms with Gasteiger partial charge in [-0.15, -0.1) is 0 Å². The third kappa shape index (κ3) is 2.58. The number of carbonyl (C=O) groups is 1. The van der Waals surface area contributed by atoms with Crippen LogP contribution in [-0.4, -0.2) is 11.2 Å². The van der Waals surface area contributed by atoms with Gasteiger partial charge in [0.05, 0.1) is 11.3 Å². The third-order valence-corrected chi connectivity index (χ3v) is 0.860. The first-order valence-electron chi connectivity index (χ1n) is 2.45. The number of hydrogen-bond acceptors (Lipinski definition) is 3. The van der Waals surface area contributed by atoms with Crippen molar-refractivity contribution in [3.8, 4) is 0 Å². The van der Waals surface area contributed by atoms with Crippen molar-refractivity contribution in [1.29, 1.82) is 0 Å². The molecule has 0 aliphatic rings. The fourth-order valence-corrected chi connectivity index (χ4v) is 0.383. The van der Waals surface area contributed by atoms with Crippen LogP contribution in [0.4, 0.5) is 0 Å². The first kappa shape index (κ1) is 7.81. The van der Waals surface area contributed by atoms with Crippen LogP contribution in [0.2, 0.25) is 0 Å². The summed E-state index contributed by atoms with van der Waals surface area (Å²) in [5.41, 5.74) is -0.0509. The van der Waals surface area contributed by atoms with Gasteiger partial charge < -0.3 is 4.79 Å². The second-order valence-corrected chi connectivity index (χ2v) is 1.41. The molecule has 0 heterocycles. The normalized spacial score (nSPS) is 11.0. The molecule has 0 spiro atoms. The van der Waals surface area contributed by atoms with Crippen LogP contribution in [0, 0.1) is 10.1 Å². The highest BCUT2D eigenvalue weighted by Crippen LogP contribution is 1.97. The van der Waals surface area contributed by atoms with Gasteiger partial charge in [-0.05, 0) is 13.0 Å². The molecule has 0 bridgehead atoms. The molecule has 0 fully saturated rings. The summed E-state index contributed by atoms with van der Waals surface area (Å²) in [5.74, 6) is 0. The SMILES string of the molecule is C/C=C(/CC=O)[N+](=O)[O-]. The Labute approximate surface area is 52.3 Å². The van der Waals surface area contributed by atoms with Gasteiger partial charge >= 0.3 is 0 Å². The summed E-state index contributed by atoms with van der Waals surface area (Å²) in [6.07, 6.45) is 1.72. The maximum Gasteiger partial charge on any atom is 0.249 e. The first-order chi connectivity index (χ1) is 4.22. The molecule has 50 valence electrons. The summed E-state index contributed by atoms with van der Waals surface area (Å²) >= 11 is 0. The van der Waals surface area contributed by atoms with E-state index in [1.807, 2.05) is 0 Å². The van der Waals surface area contributed by atoms with E-state index >= 15 is 0 Å². The molecule has 0 unspecified atom stereocenters. The van der Waals surface area contributed by atoms with E-state index in [0.29, 0.717) is 6.29 Å². The van der Waals surface area contributed by atoms with E-state index in [2.05, 4.69) is 0 Å². The predicted octanol–water partition coefficient (Wildman–Crippen LogP) is 0.756. The van der Waals surface area contributed by atoms with Crippen LogP contribution in [0.3, 0.4) is 0 Å². The van der Waals surface area contributed by atoms with Crippen molar-refractivity contribution in [3.63, 3.8) is 0 Å². The zero-order valence-corrected chi connectivity index (χ0v) is 5.03. The average Bonchev–Trinajstić information content (AvgIpc) is 1.82. The lowest BCUT2D eigenvalue weighted by Crippen LogP contribution is -1.97. The molecule has 0 amide bonds. The van der Waals surface area contributed by atoms with Crippen molar-refractivity contribution in [1.82, 2.24) is 0 Å². The molecule has 0 saturated carbocycles. The Morgan fingerprint density at radius 2 is 2.33 bits per heavy atom. The van der Waals surface area contributed by atoms with E-state index in [-0.39, 0.29) is 12.1 Å². The van der Waals surface area contributed by atoms with E-state index in [0.717, 1.165) is 0 Å². The molecule has 9 heavy (non-hydrogen) atoms. The van der Waals surface area contributed by atoms with E-state index in [1.165, 1.54) is 13.0 Å². The minimum atomic E-state index is -0.561. The van der Waals surface area contributed by atoms with Gasteiger partial charge in [0.1, 0.15) is 6.29 Å². The van der Waals surface area contributed by atoms with Crippen molar-refractivity contribution in [2.24, 2.45) is 0 Å². The van der Waals surface area contributed by atoms with Crippen molar-refractivity contribution < 1.29 is 9.72 Å². The molecule has 0 atom stereocenters. The van der Waals surface area contributed by atoms with Crippen LogP contribution in [0.25, 0.3) is 0 Å². The number of hydrogen-bond donors (Lipinski definition) is 0. The quantitative estimate of drug-likeness (QED) is 0.321. The lowest BCUT2D eigenvalue weighted by Gasteiger charge is -1.87. The van der Waals surface area contributed by atoms with Crippen molar-refractivity contribution in [2.45, 2.75) is 13.3 Å². The van der Waals surface area contributed by atoms with E-state index in [9.17, 15) is 14.9 Å². The Hall–Kier alpha value is -1.19. The second kappa shape index (κ2) is 3.77. The van der Waals surface area contributed by atoms with Crippen LogP contribution >= 0.6 is 0 Å². The van der Waals surface area contributed by atoms with Crippen molar-refractivity contribution in [3.05, 3.63) is 21.9 Å². The minimum Gasteiger partial charge on any atom is -0.303 e. The predicted molar refractivity (Wildman–Crippen MR) is 31.4 cm³/mol. The summed E-state index contributed by atoms with van der Waals surface area (Å²) in [6, 6.07) is 0. The van der Waals surface area contributed by atoms with Crippen molar-refractivity contribution >= 4 is 6.29 Å². The van der Waals surface area contributed by atoms with Gasteiger partial charge in [-0.25, -0.2) is 0 Å². The standard InChI is InChI=1S/C5H7NO3/c1-2-5(3-4-7)6(8)9/h2,4H,3H2,1H3/b5-2-. The topological polar surface area (TPSA) is 60.2 Å². The van der Waals surface area contributed by atoms with Gasteiger partial charge in [0.2, 0.25) is 5.70 Å². The monoisotopic (exact) mass is 129 g/mol. The van der Waals surface area contributed by atoms with E-state index in [4.69, 9.17) is 0 Å². The number of carbonyl (C=O) groups excluding carboxylic acids is 1. The molecule has 0 aromatic heterocycles. The fourth-order valence-electron chi connectivity index (χ4n) is 0.383. The Kier molecular flexibility index (Phi) is 3.27.